The third-order valence-electron chi connectivity index (χ3n) is 1.59. The molecule has 0 aliphatic heterocycles. The fourth-order valence-electron chi connectivity index (χ4n) is 0.979. The third kappa shape index (κ3) is 2.28. The van der Waals surface area contributed by atoms with Crippen LogP contribution in [0, 0.1) is 17.8 Å². The van der Waals surface area contributed by atoms with Crippen LogP contribution in [-0.4, -0.2) is 15.6 Å². The maximum absolute atomic E-state index is 12.2. The lowest BCUT2D eigenvalue weighted by molar-refractivity contribution is -0.141. The molecule has 1 heterocycles. The van der Waals surface area contributed by atoms with Crippen LogP contribution in [0.1, 0.15) is 11.4 Å². The van der Waals surface area contributed by atoms with Gasteiger partial charge in [-0.15, -0.1) is 6.42 Å². The highest BCUT2D eigenvalue weighted by Gasteiger charge is 2.35. The number of nitrogen functional groups attached to an aromatic ring is 1. The van der Waals surface area contributed by atoms with Crippen molar-refractivity contribution in [2.75, 3.05) is 0 Å². The summed E-state index contributed by atoms with van der Waals surface area (Å²) in [5.74, 6) is 1.62. The number of terminal acetylenes is 1. The van der Waals surface area contributed by atoms with Gasteiger partial charge in [0.2, 0.25) is 0 Å². The van der Waals surface area contributed by atoms with Crippen molar-refractivity contribution < 1.29 is 13.2 Å². The Morgan fingerprint density at radius 1 is 1.67 bits per heavy atom. The van der Waals surface area contributed by atoms with Crippen molar-refractivity contribution in [1.29, 1.82) is 5.41 Å². The van der Waals surface area contributed by atoms with Gasteiger partial charge in [0.05, 0.1) is 0 Å². The maximum Gasteiger partial charge on any atom is 0.435 e. The summed E-state index contributed by atoms with van der Waals surface area (Å²) in [6, 6.07) is 0.694. The summed E-state index contributed by atoms with van der Waals surface area (Å²) in [7, 11) is 0. The van der Waals surface area contributed by atoms with Crippen molar-refractivity contribution >= 4 is 5.84 Å². The van der Waals surface area contributed by atoms with Gasteiger partial charge < -0.3 is 5.73 Å². The Kier molecular flexibility index (Phi) is 2.70. The quantitative estimate of drug-likeness (QED) is 0.436. The number of amidine groups is 1. The second-order valence-corrected chi connectivity index (χ2v) is 2.69. The molecule has 0 bridgehead atoms. The van der Waals surface area contributed by atoms with Crippen LogP contribution >= 0.6 is 0 Å². The number of rotatable bonds is 2. The summed E-state index contributed by atoms with van der Waals surface area (Å²) in [5.41, 5.74) is 3.84. The average Bonchev–Trinajstić information content (AvgIpc) is 2.48. The van der Waals surface area contributed by atoms with Crippen LogP contribution < -0.4 is 5.73 Å². The predicted molar refractivity (Wildman–Crippen MR) is 47.1 cm³/mol. The molecule has 15 heavy (non-hydrogen) atoms. The number of alkyl halides is 3. The van der Waals surface area contributed by atoms with Crippen LogP contribution in [-0.2, 0) is 12.7 Å². The monoisotopic (exact) mass is 216 g/mol. The van der Waals surface area contributed by atoms with Gasteiger partial charge >= 0.3 is 6.18 Å². The highest BCUT2D eigenvalue weighted by molar-refractivity contribution is 5.93. The number of nitrogens with zero attached hydrogens (tertiary/aromatic N) is 2. The molecule has 0 amide bonds. The first-order valence-electron chi connectivity index (χ1n) is 3.79. The molecular weight excluding hydrogens is 209 g/mol. The average molecular weight is 216 g/mol. The van der Waals surface area contributed by atoms with Gasteiger partial charge in [0.15, 0.2) is 5.69 Å². The topological polar surface area (TPSA) is 67.7 Å². The van der Waals surface area contributed by atoms with E-state index in [4.69, 9.17) is 17.6 Å². The second kappa shape index (κ2) is 3.65. The lowest BCUT2D eigenvalue weighted by atomic mass is 10.3. The summed E-state index contributed by atoms with van der Waals surface area (Å²) >= 11 is 0. The van der Waals surface area contributed by atoms with Gasteiger partial charge in [0.1, 0.15) is 18.1 Å². The van der Waals surface area contributed by atoms with Crippen LogP contribution in [0.15, 0.2) is 6.07 Å². The van der Waals surface area contributed by atoms with E-state index in [0.717, 1.165) is 4.68 Å². The highest BCUT2D eigenvalue weighted by Crippen LogP contribution is 2.28. The molecule has 1 aromatic heterocycles. The summed E-state index contributed by atoms with van der Waals surface area (Å²) in [5, 5.41) is 10.3. The molecule has 0 aliphatic rings. The standard InChI is InChI=1S/C8H7F3N4/c1-2-3-15-5(7(12)13)4-6(14-15)8(9,10)11/h1,4H,3H2,(H3,12,13). The molecule has 0 unspecified atom stereocenters. The van der Waals surface area contributed by atoms with Crippen LogP contribution in [0.25, 0.3) is 0 Å². The van der Waals surface area contributed by atoms with Gasteiger partial charge in [-0.3, -0.25) is 5.41 Å². The number of hydrogen-bond acceptors (Lipinski definition) is 2. The minimum absolute atomic E-state index is 0.139. The zero-order valence-corrected chi connectivity index (χ0v) is 7.47. The van der Waals surface area contributed by atoms with Gasteiger partial charge in [-0.25, -0.2) is 4.68 Å². The lowest BCUT2D eigenvalue weighted by Crippen LogP contribution is -2.17. The fraction of sp³-hybridized carbons (Fsp3) is 0.250. The Bertz CT molecular complexity index is 424. The molecule has 0 aliphatic carbocycles. The first-order chi connectivity index (χ1) is 6.86. The Hall–Kier alpha value is -1.97. The molecule has 4 nitrogen and oxygen atoms in total. The number of aromatic nitrogens is 2. The summed E-state index contributed by atoms with van der Waals surface area (Å²) in [6.45, 7) is -0.162. The third-order valence-corrected chi connectivity index (χ3v) is 1.59. The van der Waals surface area contributed by atoms with Crippen molar-refractivity contribution in [1.82, 2.24) is 9.78 Å². The largest absolute Gasteiger partial charge is 0.435 e. The Labute approximate surface area is 83.4 Å². The number of nitrogens with two attached hydrogens (primary N) is 1. The van der Waals surface area contributed by atoms with E-state index in [2.05, 4.69) is 11.0 Å². The first kappa shape index (κ1) is 11.1. The lowest BCUT2D eigenvalue weighted by Gasteiger charge is -2.00. The van der Waals surface area contributed by atoms with Gasteiger partial charge in [-0.2, -0.15) is 18.3 Å². The molecule has 0 saturated heterocycles. The van der Waals surface area contributed by atoms with Gasteiger partial charge in [0, 0.05) is 0 Å². The molecule has 0 spiro atoms. The maximum atomic E-state index is 12.2. The molecule has 3 N–H and O–H groups in total. The second-order valence-electron chi connectivity index (χ2n) is 2.69. The smallest absolute Gasteiger partial charge is 0.382 e. The van der Waals surface area contributed by atoms with E-state index >= 15 is 0 Å². The molecule has 0 radical (unpaired) electrons. The SMILES string of the molecule is C#CCn1nc(C(F)(F)F)cc1C(=N)N. The van der Waals surface area contributed by atoms with Crippen LogP contribution in [0.4, 0.5) is 13.2 Å². The van der Waals surface area contributed by atoms with Crippen molar-refractivity contribution in [2.24, 2.45) is 5.73 Å². The van der Waals surface area contributed by atoms with E-state index in [0.29, 0.717) is 6.07 Å². The number of hydrogen-bond donors (Lipinski definition) is 2. The van der Waals surface area contributed by atoms with Crippen LogP contribution in [0.2, 0.25) is 0 Å². The van der Waals surface area contributed by atoms with Crippen LogP contribution in [0.5, 0.6) is 0 Å². The fourth-order valence-corrected chi connectivity index (χ4v) is 0.979. The zero-order valence-electron chi connectivity index (χ0n) is 7.47. The van der Waals surface area contributed by atoms with E-state index in [1.165, 1.54) is 0 Å². The first-order valence-corrected chi connectivity index (χ1v) is 3.79. The number of nitrogens with one attached hydrogen (secondary N) is 1. The molecular formula is C8H7F3N4. The van der Waals surface area contributed by atoms with E-state index in [1.807, 2.05) is 0 Å². The number of halogens is 3. The Balaban J connectivity index is 3.22. The molecule has 0 fully saturated rings. The minimum atomic E-state index is -4.57. The molecule has 0 aromatic carbocycles. The minimum Gasteiger partial charge on any atom is -0.382 e. The van der Waals surface area contributed by atoms with E-state index in [1.54, 1.807) is 0 Å². The van der Waals surface area contributed by atoms with E-state index < -0.39 is 17.7 Å². The molecule has 0 saturated carbocycles. The summed E-state index contributed by atoms with van der Waals surface area (Å²) in [6.07, 6.45) is 0.379. The Morgan fingerprint density at radius 3 is 2.67 bits per heavy atom. The Morgan fingerprint density at radius 2 is 2.27 bits per heavy atom. The molecule has 7 heteroatoms. The van der Waals surface area contributed by atoms with Gasteiger partial charge in [-0.05, 0) is 6.07 Å². The van der Waals surface area contributed by atoms with Crippen molar-refractivity contribution in [3.63, 3.8) is 0 Å². The zero-order chi connectivity index (χ0) is 11.6. The molecule has 80 valence electrons. The van der Waals surface area contributed by atoms with Crippen molar-refractivity contribution in [3.05, 3.63) is 17.5 Å². The molecule has 1 rings (SSSR count). The van der Waals surface area contributed by atoms with Crippen molar-refractivity contribution in [3.8, 4) is 12.3 Å². The summed E-state index contributed by atoms with van der Waals surface area (Å²) < 4.78 is 37.6. The van der Waals surface area contributed by atoms with Crippen LogP contribution in [0.3, 0.4) is 0 Å². The van der Waals surface area contributed by atoms with Gasteiger partial charge in [-0.1, -0.05) is 5.92 Å². The normalized spacial score (nSPS) is 11.1. The van der Waals surface area contributed by atoms with Crippen molar-refractivity contribution in [2.45, 2.75) is 12.7 Å². The molecule has 0 atom stereocenters. The highest BCUT2D eigenvalue weighted by atomic mass is 19.4. The summed E-state index contributed by atoms with van der Waals surface area (Å²) in [4.78, 5) is 0. The predicted octanol–water partition coefficient (Wildman–Crippen LogP) is 0.819. The van der Waals surface area contributed by atoms with E-state index in [9.17, 15) is 13.2 Å². The van der Waals surface area contributed by atoms with Gasteiger partial charge in [0.25, 0.3) is 0 Å². The van der Waals surface area contributed by atoms with E-state index in [-0.39, 0.29) is 12.2 Å². The molecule has 1 aromatic rings.